The molecule has 0 heterocycles. The van der Waals surface area contributed by atoms with Crippen molar-refractivity contribution in [3.63, 3.8) is 0 Å². The molecule has 0 spiro atoms. The SMILES string of the molecule is CCCC(C)(O)CNCC#Cc1ccccc1. The van der Waals surface area contributed by atoms with Crippen molar-refractivity contribution >= 4 is 0 Å². The zero-order chi connectivity index (χ0) is 12.6. The summed E-state index contributed by atoms with van der Waals surface area (Å²) in [5.74, 6) is 6.11. The van der Waals surface area contributed by atoms with Crippen molar-refractivity contribution in [3.05, 3.63) is 35.9 Å². The summed E-state index contributed by atoms with van der Waals surface area (Å²) >= 11 is 0. The third-order valence-electron chi connectivity index (χ3n) is 2.51. The van der Waals surface area contributed by atoms with Crippen molar-refractivity contribution in [1.29, 1.82) is 0 Å². The van der Waals surface area contributed by atoms with Crippen molar-refractivity contribution in [2.75, 3.05) is 13.1 Å². The lowest BCUT2D eigenvalue weighted by Crippen LogP contribution is -2.37. The first-order valence-corrected chi connectivity index (χ1v) is 6.11. The maximum atomic E-state index is 9.92. The van der Waals surface area contributed by atoms with E-state index in [0.717, 1.165) is 18.4 Å². The van der Waals surface area contributed by atoms with Crippen LogP contribution < -0.4 is 5.32 Å². The number of aliphatic hydroxyl groups is 1. The topological polar surface area (TPSA) is 32.3 Å². The van der Waals surface area contributed by atoms with Gasteiger partial charge in [-0.05, 0) is 25.5 Å². The Kier molecular flexibility index (Phi) is 5.76. The van der Waals surface area contributed by atoms with E-state index in [4.69, 9.17) is 0 Å². The van der Waals surface area contributed by atoms with Crippen LogP contribution in [0.2, 0.25) is 0 Å². The molecule has 0 aliphatic rings. The van der Waals surface area contributed by atoms with Crippen LogP contribution in [0.15, 0.2) is 30.3 Å². The summed E-state index contributed by atoms with van der Waals surface area (Å²) in [7, 11) is 0. The van der Waals surface area contributed by atoms with Crippen molar-refractivity contribution in [2.45, 2.75) is 32.3 Å². The molecule has 2 nitrogen and oxygen atoms in total. The second kappa shape index (κ2) is 7.11. The predicted octanol–water partition coefficient (Wildman–Crippen LogP) is 2.18. The summed E-state index contributed by atoms with van der Waals surface area (Å²) < 4.78 is 0. The van der Waals surface area contributed by atoms with E-state index in [0.29, 0.717) is 13.1 Å². The minimum absolute atomic E-state index is 0.588. The van der Waals surface area contributed by atoms with E-state index in [1.54, 1.807) is 0 Å². The minimum Gasteiger partial charge on any atom is -0.389 e. The average molecular weight is 231 g/mol. The van der Waals surface area contributed by atoms with Crippen LogP contribution in [-0.4, -0.2) is 23.8 Å². The van der Waals surface area contributed by atoms with Crippen molar-refractivity contribution < 1.29 is 5.11 Å². The van der Waals surface area contributed by atoms with Crippen LogP contribution in [0.1, 0.15) is 32.3 Å². The van der Waals surface area contributed by atoms with Gasteiger partial charge in [0.1, 0.15) is 0 Å². The van der Waals surface area contributed by atoms with Gasteiger partial charge in [-0.1, -0.05) is 43.4 Å². The van der Waals surface area contributed by atoms with Gasteiger partial charge in [-0.25, -0.2) is 0 Å². The summed E-state index contributed by atoms with van der Waals surface area (Å²) in [5.41, 5.74) is 0.401. The molecule has 1 atom stereocenters. The maximum absolute atomic E-state index is 9.92. The summed E-state index contributed by atoms with van der Waals surface area (Å²) in [4.78, 5) is 0. The normalized spacial score (nSPS) is 13.6. The van der Waals surface area contributed by atoms with Gasteiger partial charge in [0, 0.05) is 12.1 Å². The summed E-state index contributed by atoms with van der Waals surface area (Å²) in [6, 6.07) is 9.90. The molecule has 2 N–H and O–H groups in total. The Labute approximate surface area is 104 Å². The van der Waals surface area contributed by atoms with E-state index in [-0.39, 0.29) is 0 Å². The average Bonchev–Trinajstić information content (AvgIpc) is 2.30. The Morgan fingerprint density at radius 3 is 2.65 bits per heavy atom. The first-order chi connectivity index (χ1) is 8.14. The van der Waals surface area contributed by atoms with Crippen molar-refractivity contribution in [3.8, 4) is 11.8 Å². The van der Waals surface area contributed by atoms with Gasteiger partial charge in [-0.2, -0.15) is 0 Å². The van der Waals surface area contributed by atoms with Crippen LogP contribution in [0.3, 0.4) is 0 Å². The molecule has 1 unspecified atom stereocenters. The van der Waals surface area contributed by atoms with Gasteiger partial charge in [0.2, 0.25) is 0 Å². The molecule has 0 aliphatic heterocycles. The summed E-state index contributed by atoms with van der Waals surface area (Å²) in [6.45, 7) is 5.12. The van der Waals surface area contributed by atoms with E-state index < -0.39 is 5.60 Å². The second-order valence-electron chi connectivity index (χ2n) is 4.52. The highest BCUT2D eigenvalue weighted by Gasteiger charge is 2.17. The standard InChI is InChI=1S/C15H21NO/c1-3-11-15(2,17)13-16-12-7-10-14-8-5-4-6-9-14/h4-6,8-9,16-17H,3,11-13H2,1-2H3. The second-order valence-corrected chi connectivity index (χ2v) is 4.52. The maximum Gasteiger partial charge on any atom is 0.0743 e. The predicted molar refractivity (Wildman–Crippen MR) is 71.7 cm³/mol. The Morgan fingerprint density at radius 1 is 1.29 bits per heavy atom. The van der Waals surface area contributed by atoms with E-state index >= 15 is 0 Å². The van der Waals surface area contributed by atoms with Gasteiger partial charge >= 0.3 is 0 Å². The summed E-state index contributed by atoms with van der Waals surface area (Å²) in [6.07, 6.45) is 1.80. The van der Waals surface area contributed by atoms with Gasteiger partial charge in [0.25, 0.3) is 0 Å². The van der Waals surface area contributed by atoms with Crippen molar-refractivity contribution in [2.24, 2.45) is 0 Å². The van der Waals surface area contributed by atoms with E-state index in [1.165, 1.54) is 0 Å². The quantitative estimate of drug-likeness (QED) is 0.601. The number of nitrogens with one attached hydrogen (secondary N) is 1. The fourth-order valence-corrected chi connectivity index (χ4v) is 1.69. The lowest BCUT2D eigenvalue weighted by Gasteiger charge is -2.22. The molecule has 1 aromatic rings. The first kappa shape index (κ1) is 13.8. The Hall–Kier alpha value is -1.30. The van der Waals surface area contributed by atoms with E-state index in [2.05, 4.69) is 24.1 Å². The largest absolute Gasteiger partial charge is 0.389 e. The molecule has 17 heavy (non-hydrogen) atoms. The zero-order valence-electron chi connectivity index (χ0n) is 10.7. The van der Waals surface area contributed by atoms with Crippen LogP contribution in [-0.2, 0) is 0 Å². The fraction of sp³-hybridized carbons (Fsp3) is 0.467. The molecule has 0 saturated carbocycles. The van der Waals surface area contributed by atoms with E-state index in [1.807, 2.05) is 37.3 Å². The lowest BCUT2D eigenvalue weighted by molar-refractivity contribution is 0.0512. The highest BCUT2D eigenvalue weighted by Crippen LogP contribution is 2.09. The Bertz CT molecular complexity index is 373. The number of rotatable bonds is 5. The monoisotopic (exact) mass is 231 g/mol. The Morgan fingerprint density at radius 2 is 2.00 bits per heavy atom. The molecule has 0 saturated heterocycles. The van der Waals surface area contributed by atoms with Crippen LogP contribution in [0.4, 0.5) is 0 Å². The molecule has 1 aromatic carbocycles. The molecule has 1 rings (SSSR count). The highest BCUT2D eigenvalue weighted by molar-refractivity contribution is 5.33. The molecule has 0 bridgehead atoms. The number of benzene rings is 1. The van der Waals surface area contributed by atoms with Gasteiger partial charge in [0.15, 0.2) is 0 Å². The van der Waals surface area contributed by atoms with Crippen LogP contribution in [0.5, 0.6) is 0 Å². The van der Waals surface area contributed by atoms with Gasteiger partial charge in [-0.3, -0.25) is 0 Å². The minimum atomic E-state index is -0.622. The molecule has 0 fully saturated rings. The lowest BCUT2D eigenvalue weighted by atomic mass is 10.0. The van der Waals surface area contributed by atoms with Crippen LogP contribution in [0.25, 0.3) is 0 Å². The number of hydrogen-bond acceptors (Lipinski definition) is 2. The molecule has 0 aromatic heterocycles. The van der Waals surface area contributed by atoms with Crippen LogP contribution >= 0.6 is 0 Å². The third kappa shape index (κ3) is 6.11. The zero-order valence-corrected chi connectivity index (χ0v) is 10.7. The van der Waals surface area contributed by atoms with E-state index in [9.17, 15) is 5.11 Å². The highest BCUT2D eigenvalue weighted by atomic mass is 16.3. The van der Waals surface area contributed by atoms with Gasteiger partial charge < -0.3 is 10.4 Å². The smallest absolute Gasteiger partial charge is 0.0743 e. The summed E-state index contributed by atoms with van der Waals surface area (Å²) in [5, 5.41) is 13.1. The fourth-order valence-electron chi connectivity index (χ4n) is 1.69. The molecule has 0 radical (unpaired) electrons. The third-order valence-corrected chi connectivity index (χ3v) is 2.51. The molecule has 0 aliphatic carbocycles. The molecule has 2 heteroatoms. The van der Waals surface area contributed by atoms with Crippen molar-refractivity contribution in [1.82, 2.24) is 5.32 Å². The molecule has 0 amide bonds. The van der Waals surface area contributed by atoms with Gasteiger partial charge in [0.05, 0.1) is 12.1 Å². The molecular formula is C15H21NO. The number of hydrogen-bond donors (Lipinski definition) is 2. The van der Waals surface area contributed by atoms with Gasteiger partial charge in [-0.15, -0.1) is 0 Å². The Balaban J connectivity index is 2.27. The first-order valence-electron chi connectivity index (χ1n) is 6.11. The molecule has 92 valence electrons. The van der Waals surface area contributed by atoms with Crippen LogP contribution in [0, 0.1) is 11.8 Å². The molecular weight excluding hydrogens is 210 g/mol.